The number of aryl methyl sites for hydroxylation is 2. The molecule has 6 nitrogen and oxygen atoms in total. The molecule has 0 spiro atoms. The van der Waals surface area contributed by atoms with E-state index in [1.54, 1.807) is 37.5 Å². The Morgan fingerprint density at radius 1 is 1.19 bits per heavy atom. The molecule has 9 heteroatoms. The number of Topliss-reactive ketones (excluding diaryl/α,β-unsaturated/α-hetero) is 1. The standard InChI is InChI=1S/C23H19F3N2O4/c1-13-11-27-28(12-13)17-7-6-16(23(24,25)26)20(21(29)22(30)31-2)19(17)15-5-8-18-14(10-15)4-3-9-32-18/h5-8,10-12H,3-4,9H2,1-2H3. The Bertz CT molecular complexity index is 1210. The van der Waals surface area contributed by atoms with Crippen molar-refractivity contribution in [3.63, 3.8) is 0 Å². The van der Waals surface area contributed by atoms with E-state index in [0.29, 0.717) is 24.3 Å². The van der Waals surface area contributed by atoms with Crippen LogP contribution in [0.2, 0.25) is 0 Å². The highest BCUT2D eigenvalue weighted by Gasteiger charge is 2.40. The van der Waals surface area contributed by atoms with Crippen molar-refractivity contribution in [1.82, 2.24) is 9.78 Å². The molecule has 3 aromatic rings. The van der Waals surface area contributed by atoms with Gasteiger partial charge in [-0.05, 0) is 60.7 Å². The lowest BCUT2D eigenvalue weighted by Gasteiger charge is -2.22. The van der Waals surface area contributed by atoms with Gasteiger partial charge in [0.15, 0.2) is 0 Å². The van der Waals surface area contributed by atoms with Gasteiger partial charge < -0.3 is 9.47 Å². The maximum Gasteiger partial charge on any atom is 0.417 e. The minimum atomic E-state index is -4.87. The zero-order valence-corrected chi connectivity index (χ0v) is 17.3. The number of fused-ring (bicyclic) bond motifs is 1. The van der Waals surface area contributed by atoms with Crippen molar-refractivity contribution >= 4 is 11.8 Å². The number of carbonyl (C=O) groups excluding carboxylic acids is 2. The van der Waals surface area contributed by atoms with Gasteiger partial charge in [-0.1, -0.05) is 6.07 Å². The molecule has 0 amide bonds. The minimum absolute atomic E-state index is 0.0494. The summed E-state index contributed by atoms with van der Waals surface area (Å²) in [6.07, 6.45) is -0.259. The van der Waals surface area contributed by atoms with Crippen molar-refractivity contribution < 1.29 is 32.2 Å². The summed E-state index contributed by atoms with van der Waals surface area (Å²) < 4.78 is 53.3. The van der Waals surface area contributed by atoms with Gasteiger partial charge in [-0.25, -0.2) is 9.48 Å². The molecule has 0 saturated heterocycles. The average molecular weight is 444 g/mol. The van der Waals surface area contributed by atoms with Gasteiger partial charge in [0.05, 0.1) is 36.7 Å². The van der Waals surface area contributed by atoms with E-state index in [4.69, 9.17) is 4.74 Å². The van der Waals surface area contributed by atoms with Crippen LogP contribution in [0.5, 0.6) is 5.75 Å². The number of halogens is 3. The van der Waals surface area contributed by atoms with Crippen LogP contribution < -0.4 is 4.74 Å². The number of hydrogen-bond donors (Lipinski definition) is 0. The number of nitrogens with zero attached hydrogens (tertiary/aromatic N) is 2. The van der Waals surface area contributed by atoms with Crippen molar-refractivity contribution in [3.8, 4) is 22.6 Å². The summed E-state index contributed by atoms with van der Waals surface area (Å²) >= 11 is 0. The Balaban J connectivity index is 2.08. The van der Waals surface area contributed by atoms with Gasteiger partial charge in [-0.2, -0.15) is 18.3 Å². The van der Waals surface area contributed by atoms with Crippen molar-refractivity contribution in [2.24, 2.45) is 0 Å². The first-order valence-corrected chi connectivity index (χ1v) is 9.85. The Labute approximate surface area is 181 Å². The Morgan fingerprint density at radius 3 is 2.62 bits per heavy atom. The molecule has 1 aliphatic rings. The lowest BCUT2D eigenvalue weighted by atomic mass is 9.89. The summed E-state index contributed by atoms with van der Waals surface area (Å²) in [5, 5.41) is 4.20. The SMILES string of the molecule is COC(=O)C(=O)c1c(C(F)(F)F)ccc(-n2cc(C)cn2)c1-c1ccc2c(c1)CCCO2. The second-order valence-electron chi connectivity index (χ2n) is 7.44. The van der Waals surface area contributed by atoms with Crippen LogP contribution in [0.15, 0.2) is 42.7 Å². The zero-order valence-electron chi connectivity index (χ0n) is 17.3. The predicted molar refractivity (Wildman–Crippen MR) is 109 cm³/mol. The first-order valence-electron chi connectivity index (χ1n) is 9.85. The molecular weight excluding hydrogens is 425 g/mol. The lowest BCUT2D eigenvalue weighted by molar-refractivity contribution is -0.138. The van der Waals surface area contributed by atoms with Crippen LogP contribution in [-0.2, 0) is 22.1 Å². The number of hydrogen-bond acceptors (Lipinski definition) is 5. The smallest absolute Gasteiger partial charge is 0.417 e. The molecule has 2 heterocycles. The number of alkyl halides is 3. The molecule has 0 saturated carbocycles. The molecule has 4 rings (SSSR count). The van der Waals surface area contributed by atoms with Crippen LogP contribution in [0.3, 0.4) is 0 Å². The molecule has 166 valence electrons. The number of carbonyl (C=O) groups is 2. The fraction of sp³-hybridized carbons (Fsp3) is 0.261. The quantitative estimate of drug-likeness (QED) is 0.336. The molecule has 0 aliphatic carbocycles. The highest BCUT2D eigenvalue weighted by Crippen LogP contribution is 2.41. The molecular formula is C23H19F3N2O4. The van der Waals surface area contributed by atoms with Crippen LogP contribution in [0.1, 0.15) is 33.5 Å². The summed E-state index contributed by atoms with van der Waals surface area (Å²) in [5.41, 5.74) is 0.120. The van der Waals surface area contributed by atoms with Crippen molar-refractivity contribution in [3.05, 3.63) is 65.0 Å². The first kappa shape index (κ1) is 21.6. The predicted octanol–water partition coefficient (Wildman–Crippen LogP) is 4.55. The summed E-state index contributed by atoms with van der Waals surface area (Å²) in [5.74, 6) is -2.12. The highest BCUT2D eigenvalue weighted by molar-refractivity contribution is 6.42. The Hall–Kier alpha value is -3.62. The van der Waals surface area contributed by atoms with Gasteiger partial charge in [0, 0.05) is 11.8 Å². The molecule has 2 aromatic carbocycles. The second kappa shape index (κ2) is 8.14. The lowest BCUT2D eigenvalue weighted by Crippen LogP contribution is -2.23. The summed E-state index contributed by atoms with van der Waals surface area (Å²) in [6.45, 7) is 2.34. The van der Waals surface area contributed by atoms with Gasteiger partial charge in [-0.3, -0.25) is 4.79 Å². The van der Waals surface area contributed by atoms with Gasteiger partial charge in [0.2, 0.25) is 0 Å². The van der Waals surface area contributed by atoms with Crippen LogP contribution in [-0.4, -0.2) is 35.2 Å². The molecule has 0 fully saturated rings. The number of esters is 1. The third-order valence-electron chi connectivity index (χ3n) is 5.24. The number of rotatable bonds is 4. The van der Waals surface area contributed by atoms with Crippen molar-refractivity contribution in [1.29, 1.82) is 0 Å². The second-order valence-corrected chi connectivity index (χ2v) is 7.44. The number of benzene rings is 2. The normalized spacial score (nSPS) is 13.3. The third-order valence-corrected chi connectivity index (χ3v) is 5.24. The van der Waals surface area contributed by atoms with Crippen LogP contribution in [0.4, 0.5) is 13.2 Å². The van der Waals surface area contributed by atoms with E-state index >= 15 is 0 Å². The molecule has 0 N–H and O–H groups in total. The van der Waals surface area contributed by atoms with Crippen LogP contribution in [0, 0.1) is 6.92 Å². The molecule has 0 atom stereocenters. The third kappa shape index (κ3) is 3.86. The molecule has 0 radical (unpaired) electrons. The van der Waals surface area contributed by atoms with Crippen molar-refractivity contribution in [2.75, 3.05) is 13.7 Å². The van der Waals surface area contributed by atoms with Crippen molar-refractivity contribution in [2.45, 2.75) is 25.9 Å². The van der Waals surface area contributed by atoms with Crippen LogP contribution in [0.25, 0.3) is 16.8 Å². The number of ketones is 1. The topological polar surface area (TPSA) is 70.4 Å². The number of ether oxygens (including phenoxy) is 2. The largest absolute Gasteiger partial charge is 0.493 e. The molecule has 1 aromatic heterocycles. The zero-order chi connectivity index (χ0) is 23.0. The fourth-order valence-corrected chi connectivity index (χ4v) is 3.80. The first-order chi connectivity index (χ1) is 15.2. The number of methoxy groups -OCH3 is 1. The van der Waals surface area contributed by atoms with Gasteiger partial charge in [-0.15, -0.1) is 0 Å². The van der Waals surface area contributed by atoms with Gasteiger partial charge >= 0.3 is 12.1 Å². The molecule has 0 unspecified atom stereocenters. The van der Waals surface area contributed by atoms with E-state index in [1.807, 2.05) is 0 Å². The van der Waals surface area contributed by atoms with E-state index in [9.17, 15) is 22.8 Å². The van der Waals surface area contributed by atoms with Crippen LogP contribution >= 0.6 is 0 Å². The van der Waals surface area contributed by atoms with Gasteiger partial charge in [0.25, 0.3) is 5.78 Å². The maximum atomic E-state index is 13.9. The minimum Gasteiger partial charge on any atom is -0.493 e. The molecule has 0 bridgehead atoms. The number of aromatic nitrogens is 2. The van der Waals surface area contributed by atoms with E-state index < -0.39 is 29.1 Å². The van der Waals surface area contributed by atoms with E-state index in [2.05, 4.69) is 9.84 Å². The average Bonchev–Trinajstić information content (AvgIpc) is 3.22. The monoisotopic (exact) mass is 444 g/mol. The summed E-state index contributed by atoms with van der Waals surface area (Å²) in [4.78, 5) is 25.0. The summed E-state index contributed by atoms with van der Waals surface area (Å²) in [7, 11) is 0.949. The Kier molecular flexibility index (Phi) is 5.50. The fourth-order valence-electron chi connectivity index (χ4n) is 3.80. The van der Waals surface area contributed by atoms with E-state index in [0.717, 1.165) is 30.7 Å². The maximum absolute atomic E-state index is 13.9. The molecule has 1 aliphatic heterocycles. The van der Waals surface area contributed by atoms with E-state index in [-0.39, 0.29) is 11.3 Å². The van der Waals surface area contributed by atoms with Gasteiger partial charge in [0.1, 0.15) is 5.75 Å². The highest BCUT2D eigenvalue weighted by atomic mass is 19.4. The van der Waals surface area contributed by atoms with E-state index in [1.165, 1.54) is 10.7 Å². The Morgan fingerprint density at radius 2 is 1.97 bits per heavy atom. The summed E-state index contributed by atoms with van der Waals surface area (Å²) in [6, 6.07) is 6.96. The molecule has 32 heavy (non-hydrogen) atoms.